The van der Waals surface area contributed by atoms with Gasteiger partial charge in [-0.05, 0) is 12.1 Å². The maximum absolute atomic E-state index is 10.9. The molecular weight excluding hydrogens is 144 g/mol. The number of rotatable bonds is 2. The first-order valence-electron chi connectivity index (χ1n) is 4.97. The van der Waals surface area contributed by atoms with E-state index in [1.165, 1.54) is 7.11 Å². The highest BCUT2D eigenvalue weighted by Crippen LogP contribution is 1.94. The molecule has 0 bridgehead atoms. The fraction of sp³-hybridized carbons (Fsp3) is 0.250. The summed E-state index contributed by atoms with van der Waals surface area (Å²) in [6.45, 7) is 0. The van der Waals surface area contributed by atoms with Crippen LogP contribution in [-0.4, -0.2) is 18.1 Å². The Bertz CT molecular complexity index is 408. The maximum atomic E-state index is 10.9. The lowest BCUT2D eigenvalue weighted by Gasteiger charge is -1.96. The Morgan fingerprint density at radius 1 is 1.82 bits per heavy atom. The van der Waals surface area contributed by atoms with Crippen molar-refractivity contribution >= 4 is 5.97 Å². The molecule has 0 amide bonds. The fourth-order valence-electron chi connectivity index (χ4n) is 0.547. The molecule has 11 heavy (non-hydrogen) atoms. The van der Waals surface area contributed by atoms with Crippen LogP contribution in [0.5, 0.6) is 0 Å². The molecule has 0 aliphatic rings. The zero-order chi connectivity index (χ0) is 11.6. The molecule has 3 nitrogen and oxygen atoms in total. The second kappa shape index (κ2) is 3.71. The Hall–Kier alpha value is -1.38. The molecule has 58 valence electrons. The molecule has 0 fully saturated rings. The molecule has 0 saturated carbocycles. The van der Waals surface area contributed by atoms with E-state index < -0.39 is 24.2 Å². The predicted molar refractivity (Wildman–Crippen MR) is 40.0 cm³/mol. The molecule has 0 aromatic carbocycles. The van der Waals surface area contributed by atoms with Gasteiger partial charge in [0.05, 0.1) is 24.7 Å². The average Bonchev–Trinajstić information content (AvgIpc) is 2.22. The zero-order valence-electron chi connectivity index (χ0n) is 9.97. The Kier molecular flexibility index (Phi) is 1.30. The lowest BCUT2D eigenvalue weighted by molar-refractivity contribution is -0.139. The van der Waals surface area contributed by atoms with Crippen LogP contribution in [0, 0.1) is 0 Å². The molecule has 0 unspecified atom stereocenters. The minimum Gasteiger partial charge on any atom is -0.469 e. The third kappa shape index (κ3) is 2.37. The van der Waals surface area contributed by atoms with Crippen molar-refractivity contribution < 1.29 is 15.0 Å². The zero-order valence-corrected chi connectivity index (χ0v) is 5.97. The maximum Gasteiger partial charge on any atom is 0.311 e. The number of hydrogen-bond acceptors (Lipinski definition) is 3. The van der Waals surface area contributed by atoms with Crippen molar-refractivity contribution in [3.8, 4) is 0 Å². The summed E-state index contributed by atoms with van der Waals surface area (Å²) in [6, 6.07) is -1.11. The molecule has 0 aliphatic carbocycles. The molecule has 3 heteroatoms. The van der Waals surface area contributed by atoms with Gasteiger partial charge in [0.25, 0.3) is 0 Å². The lowest BCUT2D eigenvalue weighted by atomic mass is 10.4. The Labute approximate surface area is 70.6 Å². The summed E-state index contributed by atoms with van der Waals surface area (Å²) in [5, 5.41) is 0. The Morgan fingerprint density at radius 2 is 2.64 bits per heavy atom. The van der Waals surface area contributed by atoms with E-state index in [4.69, 9.17) is 5.48 Å². The van der Waals surface area contributed by atoms with Crippen molar-refractivity contribution in [2.24, 2.45) is 0 Å². The smallest absolute Gasteiger partial charge is 0.311 e. The molecule has 1 aromatic rings. The summed E-state index contributed by atoms with van der Waals surface area (Å²) in [6.07, 6.45) is -0.664. The average molecular weight is 157 g/mol. The largest absolute Gasteiger partial charge is 0.469 e. The van der Waals surface area contributed by atoms with Gasteiger partial charge in [0.2, 0.25) is 0 Å². The quantitative estimate of drug-likeness (QED) is 0.470. The van der Waals surface area contributed by atoms with Crippen molar-refractivity contribution in [1.29, 1.82) is 0 Å². The second-order valence-electron chi connectivity index (χ2n) is 1.80. The van der Waals surface area contributed by atoms with Crippen LogP contribution in [0.1, 0.15) is 11.2 Å². The standard InChI is InChI=1S/C8H9NO2/c1-11-8(10)6-7-4-2-3-5-9-7/h2-5H,6H2,1H3/i2D,3D,4D,5D,6+1,8+1. The van der Waals surface area contributed by atoms with Crippen molar-refractivity contribution in [1.82, 2.24) is 4.98 Å². The molecule has 1 aromatic heterocycles. The predicted octanol–water partition coefficient (Wildman–Crippen LogP) is 0.797. The minimum absolute atomic E-state index is 0.00662. The molecule has 0 spiro atoms. The van der Waals surface area contributed by atoms with Gasteiger partial charge in [0, 0.05) is 6.17 Å². The lowest BCUT2D eigenvalue weighted by Crippen LogP contribution is -2.05. The van der Waals surface area contributed by atoms with Gasteiger partial charge in [-0.2, -0.15) is 0 Å². The van der Waals surface area contributed by atoms with Crippen molar-refractivity contribution in [3.05, 3.63) is 30.0 Å². The van der Waals surface area contributed by atoms with Gasteiger partial charge in [0.1, 0.15) is 0 Å². The van der Waals surface area contributed by atoms with E-state index in [-0.39, 0.29) is 18.2 Å². The fourth-order valence-corrected chi connectivity index (χ4v) is 0.547. The summed E-state index contributed by atoms with van der Waals surface area (Å²) < 4.78 is 33.6. The van der Waals surface area contributed by atoms with Crippen LogP contribution in [0.3, 0.4) is 0 Å². The monoisotopic (exact) mass is 157 g/mol. The number of pyridine rings is 1. The molecular formula is C8H9NO2. The highest BCUT2D eigenvalue weighted by molar-refractivity contribution is 5.71. The van der Waals surface area contributed by atoms with Crippen LogP contribution in [0.25, 0.3) is 0 Å². The number of carbonyl (C=O) groups is 1. The van der Waals surface area contributed by atoms with Gasteiger partial charge in [-0.3, -0.25) is 9.78 Å². The summed E-state index contributed by atoms with van der Waals surface area (Å²) in [5.41, 5.74) is -0.00662. The number of hydrogen-bond donors (Lipinski definition) is 0. The summed E-state index contributed by atoms with van der Waals surface area (Å²) in [5.74, 6) is -0.590. The number of carbonyl (C=O) groups excluding carboxylic acids is 1. The molecule has 0 radical (unpaired) electrons. The molecule has 0 saturated heterocycles. The van der Waals surface area contributed by atoms with Crippen molar-refractivity contribution in [2.75, 3.05) is 7.11 Å². The van der Waals surface area contributed by atoms with Crippen LogP contribution in [0.2, 0.25) is 0 Å². The van der Waals surface area contributed by atoms with E-state index >= 15 is 0 Å². The van der Waals surface area contributed by atoms with Gasteiger partial charge < -0.3 is 4.74 Å². The van der Waals surface area contributed by atoms with Crippen LogP contribution < -0.4 is 0 Å². The third-order valence-electron chi connectivity index (χ3n) is 1.06. The molecule has 0 aliphatic heterocycles. The number of ether oxygens (including phenoxy) is 1. The third-order valence-corrected chi connectivity index (χ3v) is 1.06. The molecule has 1 rings (SSSR count). The highest BCUT2D eigenvalue weighted by Gasteiger charge is 2.01. The number of methoxy groups -OCH3 is 1. The molecule has 0 N–H and O–H groups in total. The molecule has 1 heterocycles. The van der Waals surface area contributed by atoms with E-state index in [9.17, 15) is 4.79 Å². The SMILES string of the molecule is [2H]c1nc([13CH2][13C](=O)OC)c([2H])c([2H])c1[2H]. The Balaban J connectivity index is 3.15. The van der Waals surface area contributed by atoms with Crippen molar-refractivity contribution in [2.45, 2.75) is 6.42 Å². The first-order valence-corrected chi connectivity index (χ1v) is 2.97. The van der Waals surface area contributed by atoms with Gasteiger partial charge in [-0.1, -0.05) is 6.04 Å². The van der Waals surface area contributed by atoms with Gasteiger partial charge in [-0.15, -0.1) is 0 Å². The second-order valence-corrected chi connectivity index (χ2v) is 1.80. The highest BCUT2D eigenvalue weighted by atomic mass is 16.6. The first-order chi connectivity index (χ1) is 6.97. The van der Waals surface area contributed by atoms with Crippen LogP contribution in [-0.2, 0) is 16.0 Å². The van der Waals surface area contributed by atoms with Gasteiger partial charge >= 0.3 is 5.97 Å². The van der Waals surface area contributed by atoms with Crippen LogP contribution >= 0.6 is 0 Å². The minimum atomic E-state index is -0.590. The van der Waals surface area contributed by atoms with Crippen molar-refractivity contribution in [3.63, 3.8) is 0 Å². The number of aromatic nitrogens is 1. The summed E-state index contributed by atoms with van der Waals surface area (Å²) >= 11 is 0. The van der Waals surface area contributed by atoms with Gasteiger partial charge in [-0.25, -0.2) is 0 Å². The van der Waals surface area contributed by atoms with Crippen LogP contribution in [0.15, 0.2) is 24.3 Å². The van der Waals surface area contributed by atoms with E-state index in [1.807, 2.05) is 0 Å². The summed E-state index contributed by atoms with van der Waals surface area (Å²) in [7, 11) is 1.20. The van der Waals surface area contributed by atoms with E-state index in [1.54, 1.807) is 0 Å². The summed E-state index contributed by atoms with van der Waals surface area (Å²) in [4.78, 5) is 14.5. The van der Waals surface area contributed by atoms with E-state index in [0.29, 0.717) is 0 Å². The normalized spacial score (nSPS) is 14.3. The topological polar surface area (TPSA) is 39.2 Å². The van der Waals surface area contributed by atoms with Gasteiger partial charge in [0.15, 0.2) is 0 Å². The number of esters is 1. The van der Waals surface area contributed by atoms with Crippen LogP contribution in [0.4, 0.5) is 0 Å². The van der Waals surface area contributed by atoms with E-state index in [0.717, 1.165) is 0 Å². The number of nitrogens with zero attached hydrogens (tertiary/aromatic N) is 1. The van der Waals surface area contributed by atoms with E-state index in [2.05, 4.69) is 9.72 Å². The first kappa shape index (κ1) is 3.85. The Morgan fingerprint density at radius 3 is 3.36 bits per heavy atom. The molecule has 0 atom stereocenters.